The predicted octanol–water partition coefficient (Wildman–Crippen LogP) is 4.35. The molecule has 3 rings (SSSR count). The average molecular weight is 394 g/mol. The Kier molecular flexibility index (Phi) is 6.76. The number of hydrogen-bond acceptors (Lipinski definition) is 3. The van der Waals surface area contributed by atoms with Gasteiger partial charge in [-0.25, -0.2) is 0 Å². The van der Waals surface area contributed by atoms with Gasteiger partial charge in [0.25, 0.3) is 11.8 Å². The molecule has 0 fully saturated rings. The summed E-state index contributed by atoms with van der Waals surface area (Å²) in [4.78, 5) is 28.8. The number of nitrogens with zero attached hydrogens (tertiary/aromatic N) is 1. The van der Waals surface area contributed by atoms with Crippen molar-refractivity contribution in [2.75, 3.05) is 11.9 Å². The third-order valence-electron chi connectivity index (χ3n) is 4.11. The molecule has 0 saturated carbocycles. The molecule has 0 spiro atoms. The molecule has 0 bridgehead atoms. The Labute approximate surface area is 168 Å². The van der Waals surface area contributed by atoms with Crippen LogP contribution >= 0.6 is 11.6 Å². The normalized spacial score (nSPS) is 10.3. The summed E-state index contributed by atoms with van der Waals surface area (Å²) in [5.41, 5.74) is 2.36. The van der Waals surface area contributed by atoms with Crippen LogP contribution in [0.1, 0.15) is 32.8 Å². The summed E-state index contributed by atoms with van der Waals surface area (Å²) in [5, 5.41) is 6.12. The summed E-state index contributed by atoms with van der Waals surface area (Å²) in [6.07, 6.45) is 3.18. The standard InChI is InChI=1S/C22H20ClN3O2/c23-18-9-4-10-19(15-18)26-22(28)20-14-17(11-13-24-20)21(27)25-12-5-8-16-6-2-1-3-7-16/h1-4,6-7,9-11,13-15H,5,8,12H2,(H,25,27)(H,26,28). The van der Waals surface area contributed by atoms with Crippen molar-refractivity contribution < 1.29 is 9.59 Å². The third kappa shape index (κ3) is 5.66. The number of carbonyl (C=O) groups is 2. The Hall–Kier alpha value is -3.18. The second-order valence-corrected chi connectivity index (χ2v) is 6.68. The molecule has 5 nitrogen and oxygen atoms in total. The number of hydrogen-bond donors (Lipinski definition) is 2. The number of halogens is 1. The zero-order valence-electron chi connectivity index (χ0n) is 15.2. The molecule has 142 valence electrons. The quantitative estimate of drug-likeness (QED) is 0.586. The lowest BCUT2D eigenvalue weighted by Gasteiger charge is -2.08. The fraction of sp³-hybridized carbons (Fsp3) is 0.136. The van der Waals surface area contributed by atoms with Crippen LogP contribution in [0.4, 0.5) is 5.69 Å². The lowest BCUT2D eigenvalue weighted by Crippen LogP contribution is -2.25. The first-order valence-corrected chi connectivity index (χ1v) is 9.35. The molecule has 0 aliphatic rings. The summed E-state index contributed by atoms with van der Waals surface area (Å²) in [6.45, 7) is 0.556. The fourth-order valence-electron chi connectivity index (χ4n) is 2.70. The zero-order valence-corrected chi connectivity index (χ0v) is 15.9. The number of rotatable bonds is 7. The second kappa shape index (κ2) is 9.67. The van der Waals surface area contributed by atoms with Crippen LogP contribution in [0.15, 0.2) is 72.9 Å². The van der Waals surface area contributed by atoms with Crippen molar-refractivity contribution in [2.24, 2.45) is 0 Å². The molecule has 2 N–H and O–H groups in total. The predicted molar refractivity (Wildman–Crippen MR) is 111 cm³/mol. The monoisotopic (exact) mass is 393 g/mol. The molecule has 3 aromatic rings. The van der Waals surface area contributed by atoms with Crippen LogP contribution < -0.4 is 10.6 Å². The highest BCUT2D eigenvalue weighted by Crippen LogP contribution is 2.15. The fourth-order valence-corrected chi connectivity index (χ4v) is 2.89. The van der Waals surface area contributed by atoms with Crippen LogP contribution in [-0.4, -0.2) is 23.3 Å². The van der Waals surface area contributed by atoms with Gasteiger partial charge in [0.1, 0.15) is 5.69 Å². The van der Waals surface area contributed by atoms with E-state index in [0.29, 0.717) is 22.8 Å². The van der Waals surface area contributed by atoms with Crippen LogP contribution in [0.25, 0.3) is 0 Å². The van der Waals surface area contributed by atoms with Crippen LogP contribution in [0.2, 0.25) is 5.02 Å². The average Bonchev–Trinajstić information content (AvgIpc) is 2.72. The maximum atomic E-state index is 12.4. The van der Waals surface area contributed by atoms with Gasteiger partial charge in [0.05, 0.1) is 0 Å². The van der Waals surface area contributed by atoms with Crippen molar-refractivity contribution in [2.45, 2.75) is 12.8 Å². The summed E-state index contributed by atoms with van der Waals surface area (Å²) >= 11 is 5.92. The molecule has 0 unspecified atom stereocenters. The SMILES string of the molecule is O=C(NCCCc1ccccc1)c1ccnc(C(=O)Nc2cccc(Cl)c2)c1. The minimum absolute atomic E-state index is 0.164. The molecule has 1 aromatic heterocycles. The molecule has 0 radical (unpaired) electrons. The molecule has 28 heavy (non-hydrogen) atoms. The molecule has 0 aliphatic heterocycles. The van der Waals surface area contributed by atoms with Gasteiger partial charge in [-0.3, -0.25) is 14.6 Å². The maximum absolute atomic E-state index is 12.4. The van der Waals surface area contributed by atoms with Crippen molar-refractivity contribution in [3.8, 4) is 0 Å². The van der Waals surface area contributed by atoms with E-state index in [-0.39, 0.29) is 11.6 Å². The Morgan fingerprint density at radius 3 is 2.54 bits per heavy atom. The van der Waals surface area contributed by atoms with Crippen molar-refractivity contribution in [1.29, 1.82) is 0 Å². The van der Waals surface area contributed by atoms with E-state index in [4.69, 9.17) is 11.6 Å². The van der Waals surface area contributed by atoms with Gasteiger partial charge in [0, 0.05) is 29.0 Å². The van der Waals surface area contributed by atoms with Gasteiger partial charge in [-0.05, 0) is 48.7 Å². The van der Waals surface area contributed by atoms with E-state index in [1.165, 1.54) is 17.8 Å². The number of carbonyl (C=O) groups excluding carboxylic acids is 2. The number of aromatic nitrogens is 1. The minimum Gasteiger partial charge on any atom is -0.352 e. The van der Waals surface area contributed by atoms with Gasteiger partial charge in [0.2, 0.25) is 0 Å². The highest BCUT2D eigenvalue weighted by atomic mass is 35.5. The molecule has 1 heterocycles. The van der Waals surface area contributed by atoms with Crippen molar-refractivity contribution >= 4 is 29.1 Å². The number of amides is 2. The molecule has 6 heteroatoms. The maximum Gasteiger partial charge on any atom is 0.274 e. The Morgan fingerprint density at radius 2 is 1.75 bits per heavy atom. The highest BCUT2D eigenvalue weighted by Gasteiger charge is 2.12. The second-order valence-electron chi connectivity index (χ2n) is 6.24. The lowest BCUT2D eigenvalue weighted by atomic mass is 10.1. The number of nitrogens with one attached hydrogen (secondary N) is 2. The zero-order chi connectivity index (χ0) is 19.8. The number of benzene rings is 2. The summed E-state index contributed by atoms with van der Waals surface area (Å²) in [7, 11) is 0. The first-order chi connectivity index (χ1) is 13.6. The van der Waals surface area contributed by atoms with Gasteiger partial charge >= 0.3 is 0 Å². The van der Waals surface area contributed by atoms with E-state index in [0.717, 1.165) is 12.8 Å². The Morgan fingerprint density at radius 1 is 0.929 bits per heavy atom. The van der Waals surface area contributed by atoms with Crippen molar-refractivity contribution in [3.05, 3.63) is 94.8 Å². The van der Waals surface area contributed by atoms with Crippen molar-refractivity contribution in [1.82, 2.24) is 10.3 Å². The van der Waals surface area contributed by atoms with Crippen LogP contribution in [0.3, 0.4) is 0 Å². The van der Waals surface area contributed by atoms with Gasteiger partial charge in [-0.2, -0.15) is 0 Å². The molecule has 0 saturated heterocycles. The first kappa shape index (κ1) is 19.6. The molecular formula is C22H20ClN3O2. The third-order valence-corrected chi connectivity index (χ3v) is 4.34. The topological polar surface area (TPSA) is 71.1 Å². The van der Waals surface area contributed by atoms with E-state index < -0.39 is 5.91 Å². The van der Waals surface area contributed by atoms with Crippen LogP contribution in [0, 0.1) is 0 Å². The van der Waals surface area contributed by atoms with Gasteiger partial charge in [-0.1, -0.05) is 48.0 Å². The summed E-state index contributed by atoms with van der Waals surface area (Å²) in [6, 6.07) is 20.0. The van der Waals surface area contributed by atoms with E-state index >= 15 is 0 Å². The van der Waals surface area contributed by atoms with E-state index in [1.807, 2.05) is 18.2 Å². The van der Waals surface area contributed by atoms with Crippen LogP contribution in [0.5, 0.6) is 0 Å². The molecule has 2 aromatic carbocycles. The highest BCUT2D eigenvalue weighted by molar-refractivity contribution is 6.30. The molecule has 0 aliphatic carbocycles. The Bertz CT molecular complexity index is 961. The summed E-state index contributed by atoms with van der Waals surface area (Å²) < 4.78 is 0. The Balaban J connectivity index is 1.54. The smallest absolute Gasteiger partial charge is 0.274 e. The molecule has 2 amide bonds. The molecule has 0 atom stereocenters. The number of pyridine rings is 1. The van der Waals surface area contributed by atoms with Gasteiger partial charge in [-0.15, -0.1) is 0 Å². The van der Waals surface area contributed by atoms with Crippen LogP contribution in [-0.2, 0) is 6.42 Å². The van der Waals surface area contributed by atoms with E-state index in [9.17, 15) is 9.59 Å². The van der Waals surface area contributed by atoms with Gasteiger partial charge < -0.3 is 10.6 Å². The number of aryl methyl sites for hydroxylation is 1. The molecular weight excluding hydrogens is 374 g/mol. The van der Waals surface area contributed by atoms with E-state index in [2.05, 4.69) is 27.8 Å². The summed E-state index contributed by atoms with van der Waals surface area (Å²) in [5.74, 6) is -0.631. The lowest BCUT2D eigenvalue weighted by molar-refractivity contribution is 0.0953. The van der Waals surface area contributed by atoms with E-state index in [1.54, 1.807) is 30.3 Å². The first-order valence-electron chi connectivity index (χ1n) is 8.97. The van der Waals surface area contributed by atoms with Gasteiger partial charge in [0.15, 0.2) is 0 Å². The number of anilines is 1. The largest absolute Gasteiger partial charge is 0.352 e. The minimum atomic E-state index is -0.402. The van der Waals surface area contributed by atoms with Crippen molar-refractivity contribution in [3.63, 3.8) is 0 Å².